The quantitative estimate of drug-likeness (QED) is 0.690. The lowest BCUT2D eigenvalue weighted by Crippen LogP contribution is -2.25. The van der Waals surface area contributed by atoms with E-state index in [9.17, 15) is 8.42 Å². The van der Waals surface area contributed by atoms with Gasteiger partial charge in [-0.25, -0.2) is 28.1 Å². The standard InChI is InChI=1S/C18H19N5O2S/c1-15-3-5-16(6-4-15)7-14-26(24,25)22-11-13-23-12-10-21-18(23)17-19-8-2-9-20-17/h2-10,12,14,22H,11,13H2,1H3. The molecule has 0 aliphatic carbocycles. The summed E-state index contributed by atoms with van der Waals surface area (Å²) in [5.41, 5.74) is 1.96. The summed E-state index contributed by atoms with van der Waals surface area (Å²) in [4.78, 5) is 12.6. The number of hydrogen-bond acceptors (Lipinski definition) is 5. The summed E-state index contributed by atoms with van der Waals surface area (Å²) in [6.45, 7) is 2.64. The van der Waals surface area contributed by atoms with Crippen molar-refractivity contribution in [1.29, 1.82) is 0 Å². The van der Waals surface area contributed by atoms with Crippen LogP contribution in [-0.4, -0.2) is 34.5 Å². The van der Waals surface area contributed by atoms with E-state index in [1.165, 1.54) is 5.41 Å². The van der Waals surface area contributed by atoms with Crippen LogP contribution in [0.25, 0.3) is 17.7 Å². The summed E-state index contributed by atoms with van der Waals surface area (Å²) < 4.78 is 28.6. The Bertz CT molecular complexity index is 980. The van der Waals surface area contributed by atoms with E-state index in [-0.39, 0.29) is 6.54 Å². The number of rotatable bonds is 7. The van der Waals surface area contributed by atoms with Crippen molar-refractivity contribution in [2.45, 2.75) is 13.5 Å². The van der Waals surface area contributed by atoms with Crippen LogP contribution in [0.1, 0.15) is 11.1 Å². The molecule has 0 aliphatic rings. The Hall–Kier alpha value is -2.84. The van der Waals surface area contributed by atoms with Gasteiger partial charge in [-0.1, -0.05) is 29.8 Å². The first-order chi connectivity index (χ1) is 12.5. The molecular weight excluding hydrogens is 350 g/mol. The van der Waals surface area contributed by atoms with Crippen LogP contribution in [0.3, 0.4) is 0 Å². The van der Waals surface area contributed by atoms with Crippen LogP contribution in [-0.2, 0) is 16.6 Å². The first kappa shape index (κ1) is 18.0. The van der Waals surface area contributed by atoms with Crippen LogP contribution in [0.15, 0.2) is 60.5 Å². The van der Waals surface area contributed by atoms with E-state index in [4.69, 9.17) is 0 Å². The molecule has 3 rings (SSSR count). The van der Waals surface area contributed by atoms with Crippen molar-refractivity contribution in [1.82, 2.24) is 24.2 Å². The Kier molecular flexibility index (Phi) is 5.55. The molecular formula is C18H19N5O2S. The van der Waals surface area contributed by atoms with Crippen LogP contribution in [0, 0.1) is 6.92 Å². The fraction of sp³-hybridized carbons (Fsp3) is 0.167. The lowest BCUT2D eigenvalue weighted by molar-refractivity contribution is 0.582. The number of sulfonamides is 1. The molecule has 1 N–H and O–H groups in total. The average molecular weight is 369 g/mol. The van der Waals surface area contributed by atoms with Crippen molar-refractivity contribution < 1.29 is 8.42 Å². The third-order valence-electron chi connectivity index (χ3n) is 3.65. The van der Waals surface area contributed by atoms with E-state index in [0.717, 1.165) is 11.1 Å². The highest BCUT2D eigenvalue weighted by Gasteiger charge is 2.09. The summed E-state index contributed by atoms with van der Waals surface area (Å²) in [5, 5.41) is 1.17. The van der Waals surface area contributed by atoms with Crippen LogP contribution in [0.5, 0.6) is 0 Å². The fourth-order valence-electron chi connectivity index (χ4n) is 2.31. The van der Waals surface area contributed by atoms with E-state index in [1.807, 2.05) is 35.8 Å². The summed E-state index contributed by atoms with van der Waals surface area (Å²) >= 11 is 0. The zero-order valence-corrected chi connectivity index (χ0v) is 15.1. The smallest absolute Gasteiger partial charge is 0.233 e. The van der Waals surface area contributed by atoms with Gasteiger partial charge in [-0.2, -0.15) is 0 Å². The highest BCUT2D eigenvalue weighted by molar-refractivity contribution is 7.92. The molecule has 0 atom stereocenters. The molecule has 7 nitrogen and oxygen atoms in total. The Morgan fingerprint density at radius 2 is 1.81 bits per heavy atom. The van der Waals surface area contributed by atoms with Crippen molar-refractivity contribution in [3.63, 3.8) is 0 Å². The van der Waals surface area contributed by atoms with Gasteiger partial charge in [0.05, 0.1) is 0 Å². The second-order valence-electron chi connectivity index (χ2n) is 5.67. The minimum Gasteiger partial charge on any atom is -0.327 e. The van der Waals surface area contributed by atoms with Crippen molar-refractivity contribution in [2.24, 2.45) is 0 Å². The lowest BCUT2D eigenvalue weighted by atomic mass is 10.2. The predicted octanol–water partition coefficient (Wildman–Crippen LogP) is 2.24. The maximum Gasteiger partial charge on any atom is 0.233 e. The summed E-state index contributed by atoms with van der Waals surface area (Å²) in [6.07, 6.45) is 8.25. The second kappa shape index (κ2) is 8.03. The summed E-state index contributed by atoms with van der Waals surface area (Å²) in [6, 6.07) is 9.35. The number of nitrogens with one attached hydrogen (secondary N) is 1. The van der Waals surface area contributed by atoms with Crippen LogP contribution in [0.2, 0.25) is 0 Å². The van der Waals surface area contributed by atoms with Crippen LogP contribution in [0.4, 0.5) is 0 Å². The molecule has 0 bridgehead atoms. The molecule has 0 spiro atoms. The third-order valence-corrected chi connectivity index (χ3v) is 4.76. The monoisotopic (exact) mass is 369 g/mol. The van der Waals surface area contributed by atoms with Gasteiger partial charge in [-0.15, -0.1) is 0 Å². The second-order valence-corrected chi connectivity index (χ2v) is 7.32. The first-order valence-corrected chi connectivity index (χ1v) is 9.61. The maximum absolute atomic E-state index is 12.1. The molecule has 3 aromatic rings. The first-order valence-electron chi connectivity index (χ1n) is 8.06. The molecule has 1 aromatic carbocycles. The Morgan fingerprint density at radius 1 is 1.08 bits per heavy atom. The van der Waals surface area contributed by atoms with E-state index in [1.54, 1.807) is 36.9 Å². The third kappa shape index (κ3) is 4.84. The number of imidazole rings is 1. The highest BCUT2D eigenvalue weighted by Crippen LogP contribution is 2.11. The van der Waals surface area contributed by atoms with Crippen LogP contribution < -0.4 is 4.72 Å². The van der Waals surface area contributed by atoms with E-state index >= 15 is 0 Å². The van der Waals surface area contributed by atoms with Gasteiger partial charge in [0.25, 0.3) is 0 Å². The minimum atomic E-state index is -3.52. The van der Waals surface area contributed by atoms with Gasteiger partial charge in [-0.05, 0) is 24.6 Å². The topological polar surface area (TPSA) is 89.8 Å². The predicted molar refractivity (Wildman–Crippen MR) is 100 cm³/mol. The molecule has 2 heterocycles. The molecule has 26 heavy (non-hydrogen) atoms. The molecule has 0 saturated heterocycles. The largest absolute Gasteiger partial charge is 0.327 e. The van der Waals surface area contributed by atoms with Crippen molar-refractivity contribution >= 4 is 16.1 Å². The Morgan fingerprint density at radius 3 is 2.54 bits per heavy atom. The van der Waals surface area contributed by atoms with Crippen molar-refractivity contribution in [2.75, 3.05) is 6.54 Å². The van der Waals surface area contributed by atoms with E-state index in [2.05, 4.69) is 19.7 Å². The number of hydrogen-bond donors (Lipinski definition) is 1. The zero-order valence-electron chi connectivity index (χ0n) is 14.3. The van der Waals surface area contributed by atoms with Gasteiger partial charge < -0.3 is 4.57 Å². The molecule has 134 valence electrons. The zero-order chi connectivity index (χ0) is 18.4. The number of aryl methyl sites for hydroxylation is 1. The van der Waals surface area contributed by atoms with Gasteiger partial charge >= 0.3 is 0 Å². The van der Waals surface area contributed by atoms with Crippen LogP contribution >= 0.6 is 0 Å². The summed E-state index contributed by atoms with van der Waals surface area (Å²) in [5.74, 6) is 1.10. The molecule has 8 heteroatoms. The maximum atomic E-state index is 12.1. The van der Waals surface area contributed by atoms with E-state index in [0.29, 0.717) is 18.2 Å². The molecule has 0 saturated carbocycles. The molecule has 0 fully saturated rings. The highest BCUT2D eigenvalue weighted by atomic mass is 32.2. The molecule has 0 aliphatic heterocycles. The van der Waals surface area contributed by atoms with Crippen molar-refractivity contribution in [3.05, 3.63) is 71.7 Å². The number of nitrogens with zero attached hydrogens (tertiary/aromatic N) is 4. The summed E-state index contributed by atoms with van der Waals surface area (Å²) in [7, 11) is -3.52. The Balaban J connectivity index is 1.59. The fourth-order valence-corrected chi connectivity index (χ4v) is 3.12. The van der Waals surface area contributed by atoms with Gasteiger partial charge in [-0.3, -0.25) is 0 Å². The molecule has 0 radical (unpaired) electrons. The lowest BCUT2D eigenvalue weighted by Gasteiger charge is -2.07. The SMILES string of the molecule is Cc1ccc(C=CS(=O)(=O)NCCn2ccnc2-c2ncccn2)cc1. The number of benzene rings is 1. The van der Waals surface area contributed by atoms with Gasteiger partial charge in [0.1, 0.15) is 0 Å². The average Bonchev–Trinajstić information content (AvgIpc) is 3.10. The minimum absolute atomic E-state index is 0.233. The normalized spacial score (nSPS) is 11.9. The van der Waals surface area contributed by atoms with E-state index < -0.39 is 10.0 Å². The molecule has 0 amide bonds. The van der Waals surface area contributed by atoms with Gasteiger partial charge in [0, 0.05) is 43.3 Å². The van der Waals surface area contributed by atoms with Gasteiger partial charge in [0.2, 0.25) is 10.0 Å². The molecule has 2 aromatic heterocycles. The Labute approximate surface area is 152 Å². The molecule has 0 unspecified atom stereocenters. The van der Waals surface area contributed by atoms with Crippen molar-refractivity contribution in [3.8, 4) is 11.6 Å². The van der Waals surface area contributed by atoms with Gasteiger partial charge in [0.15, 0.2) is 11.6 Å². The number of aromatic nitrogens is 4.